The molecule has 2 rings (SSSR count). The molecule has 1 fully saturated rings. The fraction of sp³-hybridized carbons (Fsp3) is 0.500. The molecule has 15 heavy (non-hydrogen) atoms. The molecule has 0 aliphatic carbocycles. The quantitative estimate of drug-likeness (QED) is 0.764. The lowest BCUT2D eigenvalue weighted by Gasteiger charge is -2.10. The maximum Gasteiger partial charge on any atom is 0.0572 e. The van der Waals surface area contributed by atoms with Crippen LogP contribution in [0.5, 0.6) is 0 Å². The van der Waals surface area contributed by atoms with E-state index >= 15 is 0 Å². The molecule has 3 nitrogen and oxygen atoms in total. The van der Waals surface area contributed by atoms with Gasteiger partial charge in [-0.1, -0.05) is 24.3 Å². The van der Waals surface area contributed by atoms with E-state index in [1.165, 1.54) is 11.1 Å². The van der Waals surface area contributed by atoms with Crippen LogP contribution in [0.25, 0.3) is 0 Å². The summed E-state index contributed by atoms with van der Waals surface area (Å²) < 4.78 is 5.39. The molecule has 0 amide bonds. The predicted octanol–water partition coefficient (Wildman–Crippen LogP) is 1.84. The van der Waals surface area contributed by atoms with Crippen LogP contribution in [0.3, 0.4) is 0 Å². The Bertz CT molecular complexity index is 308. The van der Waals surface area contributed by atoms with Crippen molar-refractivity contribution in [2.75, 3.05) is 20.3 Å². The van der Waals surface area contributed by atoms with E-state index in [0.29, 0.717) is 5.92 Å². The van der Waals surface area contributed by atoms with Gasteiger partial charge in [0.2, 0.25) is 0 Å². The van der Waals surface area contributed by atoms with E-state index < -0.39 is 0 Å². The zero-order valence-electron chi connectivity index (χ0n) is 9.03. The highest BCUT2D eigenvalue weighted by Crippen LogP contribution is 2.25. The Morgan fingerprint density at radius 1 is 1.53 bits per heavy atom. The highest BCUT2D eigenvalue weighted by Gasteiger charge is 2.17. The van der Waals surface area contributed by atoms with Crippen LogP contribution in [0.2, 0.25) is 0 Å². The van der Waals surface area contributed by atoms with Crippen molar-refractivity contribution < 1.29 is 9.57 Å². The molecule has 0 aromatic heterocycles. The number of hydrogen-bond acceptors (Lipinski definition) is 3. The molecule has 1 aromatic carbocycles. The normalized spacial score (nSPS) is 20.7. The lowest BCUT2D eigenvalue weighted by atomic mass is 9.97. The van der Waals surface area contributed by atoms with E-state index in [9.17, 15) is 0 Å². The first-order chi connectivity index (χ1) is 7.40. The molecule has 1 N–H and O–H groups in total. The van der Waals surface area contributed by atoms with Crippen molar-refractivity contribution in [3.8, 4) is 0 Å². The Labute approximate surface area is 90.3 Å². The summed E-state index contributed by atoms with van der Waals surface area (Å²) in [7, 11) is 1.63. The topological polar surface area (TPSA) is 30.5 Å². The summed E-state index contributed by atoms with van der Waals surface area (Å²) in [5.74, 6) is 0.576. The van der Waals surface area contributed by atoms with Gasteiger partial charge >= 0.3 is 0 Å². The lowest BCUT2D eigenvalue weighted by molar-refractivity contribution is 0.0867. The van der Waals surface area contributed by atoms with Crippen LogP contribution in [0.15, 0.2) is 24.3 Å². The predicted molar refractivity (Wildman–Crippen MR) is 58.5 cm³/mol. The van der Waals surface area contributed by atoms with Crippen LogP contribution in [0.1, 0.15) is 23.5 Å². The van der Waals surface area contributed by atoms with E-state index in [0.717, 1.165) is 26.2 Å². The van der Waals surface area contributed by atoms with Gasteiger partial charge in [0.1, 0.15) is 0 Å². The molecule has 1 atom stereocenters. The summed E-state index contributed by atoms with van der Waals surface area (Å²) in [4.78, 5) is 4.84. The van der Waals surface area contributed by atoms with Crippen LogP contribution in [-0.4, -0.2) is 20.3 Å². The third-order valence-electron chi connectivity index (χ3n) is 2.77. The second-order valence-electron chi connectivity index (χ2n) is 3.83. The van der Waals surface area contributed by atoms with E-state index in [1.54, 1.807) is 7.11 Å². The Morgan fingerprint density at radius 3 is 3.20 bits per heavy atom. The van der Waals surface area contributed by atoms with Gasteiger partial charge in [-0.25, -0.2) is 0 Å². The number of rotatable bonds is 4. The number of hydrogen-bond donors (Lipinski definition) is 1. The van der Waals surface area contributed by atoms with Crippen LogP contribution in [-0.2, 0) is 16.1 Å². The number of nitrogens with one attached hydrogen (secondary N) is 1. The fourth-order valence-corrected chi connectivity index (χ4v) is 1.91. The second-order valence-corrected chi connectivity index (χ2v) is 3.83. The minimum atomic E-state index is 0.576. The summed E-state index contributed by atoms with van der Waals surface area (Å²) in [5, 5.41) is 0. The molecule has 1 aliphatic heterocycles. The van der Waals surface area contributed by atoms with Gasteiger partial charge in [-0.05, 0) is 17.5 Å². The van der Waals surface area contributed by atoms with Crippen molar-refractivity contribution in [3.05, 3.63) is 35.4 Å². The number of hydroxylamine groups is 1. The zero-order chi connectivity index (χ0) is 10.5. The Balaban J connectivity index is 2.04. The molecule has 0 radical (unpaired) electrons. The average molecular weight is 207 g/mol. The van der Waals surface area contributed by atoms with Gasteiger partial charge in [0.25, 0.3) is 0 Å². The van der Waals surface area contributed by atoms with E-state index in [-0.39, 0.29) is 0 Å². The molecule has 1 aromatic rings. The summed E-state index contributed by atoms with van der Waals surface area (Å²) in [6, 6.07) is 8.60. The van der Waals surface area contributed by atoms with E-state index in [1.807, 2.05) is 0 Å². The van der Waals surface area contributed by atoms with Crippen molar-refractivity contribution in [1.82, 2.24) is 5.48 Å². The molecule has 0 saturated carbocycles. The van der Waals surface area contributed by atoms with Gasteiger partial charge < -0.3 is 9.57 Å². The summed E-state index contributed by atoms with van der Waals surface area (Å²) >= 11 is 0. The third kappa shape index (κ3) is 2.78. The smallest absolute Gasteiger partial charge is 0.0572 e. The lowest BCUT2D eigenvalue weighted by Crippen LogP contribution is -2.11. The van der Waals surface area contributed by atoms with Crippen LogP contribution >= 0.6 is 0 Å². The average Bonchev–Trinajstić information content (AvgIpc) is 2.80. The van der Waals surface area contributed by atoms with Gasteiger partial charge in [-0.15, -0.1) is 0 Å². The molecular formula is C12H17NO2. The standard InChI is InChI=1S/C12H17NO2/c1-14-13-8-10-3-2-4-11(7-10)12-5-6-15-9-12/h2-4,7,12-13H,5-6,8-9H2,1H3. The SMILES string of the molecule is CONCc1cccc(C2CCOC2)c1. The molecule has 1 aliphatic rings. The van der Waals surface area contributed by atoms with Crippen LogP contribution in [0, 0.1) is 0 Å². The van der Waals surface area contributed by atoms with Crippen LogP contribution in [0.4, 0.5) is 0 Å². The minimum absolute atomic E-state index is 0.576. The van der Waals surface area contributed by atoms with Gasteiger partial charge in [0.05, 0.1) is 13.7 Å². The van der Waals surface area contributed by atoms with Gasteiger partial charge in [0, 0.05) is 19.1 Å². The molecule has 1 saturated heterocycles. The number of benzene rings is 1. The highest BCUT2D eigenvalue weighted by molar-refractivity contribution is 5.26. The molecular weight excluding hydrogens is 190 g/mol. The van der Waals surface area contributed by atoms with Crippen molar-refractivity contribution in [1.29, 1.82) is 0 Å². The Morgan fingerprint density at radius 2 is 2.47 bits per heavy atom. The molecule has 0 bridgehead atoms. The monoisotopic (exact) mass is 207 g/mol. The van der Waals surface area contributed by atoms with Crippen LogP contribution < -0.4 is 5.48 Å². The third-order valence-corrected chi connectivity index (χ3v) is 2.77. The molecule has 0 spiro atoms. The molecule has 1 unspecified atom stereocenters. The van der Waals surface area contributed by atoms with Crippen molar-refractivity contribution in [3.63, 3.8) is 0 Å². The second kappa shape index (κ2) is 5.26. The highest BCUT2D eigenvalue weighted by atomic mass is 16.6. The van der Waals surface area contributed by atoms with E-state index in [2.05, 4.69) is 29.7 Å². The minimum Gasteiger partial charge on any atom is -0.381 e. The molecule has 1 heterocycles. The first-order valence-corrected chi connectivity index (χ1v) is 5.32. The molecule has 3 heteroatoms. The summed E-state index contributed by atoms with van der Waals surface area (Å²) in [5.41, 5.74) is 5.48. The first-order valence-electron chi connectivity index (χ1n) is 5.32. The molecule has 82 valence electrons. The largest absolute Gasteiger partial charge is 0.381 e. The van der Waals surface area contributed by atoms with Gasteiger partial charge in [-0.2, -0.15) is 5.48 Å². The zero-order valence-corrected chi connectivity index (χ0v) is 9.03. The van der Waals surface area contributed by atoms with Crippen molar-refractivity contribution in [2.45, 2.75) is 18.9 Å². The maximum atomic E-state index is 5.39. The first kappa shape index (κ1) is 10.6. The maximum absolute atomic E-state index is 5.39. The Kier molecular flexibility index (Phi) is 3.72. The van der Waals surface area contributed by atoms with E-state index in [4.69, 9.17) is 9.57 Å². The van der Waals surface area contributed by atoms with Gasteiger partial charge in [0.15, 0.2) is 0 Å². The fourth-order valence-electron chi connectivity index (χ4n) is 1.91. The summed E-state index contributed by atoms with van der Waals surface area (Å²) in [6.45, 7) is 2.50. The number of ether oxygens (including phenoxy) is 1. The van der Waals surface area contributed by atoms with Crippen molar-refractivity contribution in [2.24, 2.45) is 0 Å². The Hall–Kier alpha value is -0.900. The van der Waals surface area contributed by atoms with Crippen molar-refractivity contribution >= 4 is 0 Å². The van der Waals surface area contributed by atoms with Gasteiger partial charge in [-0.3, -0.25) is 0 Å². The summed E-state index contributed by atoms with van der Waals surface area (Å²) in [6.07, 6.45) is 1.14.